The first kappa shape index (κ1) is 17.6. The molecule has 1 heterocycles. The average Bonchev–Trinajstić information content (AvgIpc) is 2.58. The van der Waals surface area contributed by atoms with Crippen LogP contribution in [-0.2, 0) is 10.8 Å². The third kappa shape index (κ3) is 3.82. The monoisotopic (exact) mass is 365 g/mol. The lowest BCUT2D eigenvalue weighted by atomic mass is 10.0. The number of rotatable bonds is 4. The molecule has 0 unspecified atom stereocenters. The number of alkyl halides is 5. The lowest BCUT2D eigenvalue weighted by molar-refractivity contribution is 0.476. The van der Waals surface area contributed by atoms with Crippen molar-refractivity contribution in [2.24, 2.45) is 5.92 Å². The van der Waals surface area contributed by atoms with Gasteiger partial charge in [0.2, 0.25) is 8.13 Å². The first-order valence-electron chi connectivity index (χ1n) is 5.87. The van der Waals surface area contributed by atoms with Gasteiger partial charge in [-0.15, -0.1) is 5.10 Å². The summed E-state index contributed by atoms with van der Waals surface area (Å²) in [5.41, 5.74) is 1.10. The van der Waals surface area contributed by atoms with Crippen molar-refractivity contribution in [3.8, 4) is 0 Å². The van der Waals surface area contributed by atoms with Crippen LogP contribution in [0.5, 0.6) is 0 Å². The molecule has 110 valence electrons. The van der Waals surface area contributed by atoms with Crippen molar-refractivity contribution in [3.05, 3.63) is 11.4 Å². The highest BCUT2D eigenvalue weighted by Gasteiger charge is 2.51. The molecule has 0 atom stereocenters. The summed E-state index contributed by atoms with van der Waals surface area (Å²) >= 11 is 29.9. The maximum atomic E-state index is 6.20. The second kappa shape index (κ2) is 6.15. The molecule has 0 aliphatic carbocycles. The molecule has 1 aromatic rings. The molecule has 0 fully saturated rings. The predicted octanol–water partition coefficient (Wildman–Crippen LogP) is 5.06. The number of aromatic nitrogens is 3. The Kier molecular flexibility index (Phi) is 5.71. The third-order valence-electron chi connectivity index (χ3n) is 2.54. The number of nitrogens with zero attached hydrogens (tertiary/aromatic N) is 3. The molecule has 1 aromatic heterocycles. The first-order valence-corrected chi connectivity index (χ1v) is 7.76. The van der Waals surface area contributed by atoms with Gasteiger partial charge in [-0.3, -0.25) is 0 Å². The maximum absolute atomic E-state index is 6.20. The molecule has 3 nitrogen and oxygen atoms in total. The van der Waals surface area contributed by atoms with Gasteiger partial charge < -0.3 is 0 Å². The summed E-state index contributed by atoms with van der Waals surface area (Å²) in [6.45, 7) is 8.12. The minimum absolute atomic E-state index is 0.120. The summed E-state index contributed by atoms with van der Waals surface area (Å²) in [5.74, 6) is 0.370. The van der Waals surface area contributed by atoms with Crippen LogP contribution in [-0.4, -0.2) is 18.8 Å². The molecule has 0 aromatic carbocycles. The van der Waals surface area contributed by atoms with Gasteiger partial charge in [0, 0.05) is 6.04 Å². The zero-order chi connectivity index (χ0) is 15.0. The van der Waals surface area contributed by atoms with Crippen molar-refractivity contribution in [2.45, 2.75) is 48.3 Å². The van der Waals surface area contributed by atoms with Crippen molar-refractivity contribution >= 4 is 58.0 Å². The first-order chi connectivity index (χ1) is 8.48. The highest BCUT2D eigenvalue weighted by molar-refractivity contribution is 6.75. The summed E-state index contributed by atoms with van der Waals surface area (Å²) in [5, 5.41) is 8.09. The Bertz CT molecular complexity index is 434. The quantitative estimate of drug-likeness (QED) is 0.697. The van der Waals surface area contributed by atoms with Crippen molar-refractivity contribution in [3.63, 3.8) is 0 Å². The van der Waals surface area contributed by atoms with Gasteiger partial charge in [-0.25, -0.2) is 4.68 Å². The van der Waals surface area contributed by atoms with Gasteiger partial charge in [-0.1, -0.05) is 77.1 Å². The third-order valence-corrected chi connectivity index (χ3v) is 4.89. The van der Waals surface area contributed by atoms with E-state index in [1.165, 1.54) is 0 Å². The van der Waals surface area contributed by atoms with Crippen LogP contribution in [0.25, 0.3) is 0 Å². The molecule has 0 N–H and O–H groups in total. The van der Waals surface area contributed by atoms with Gasteiger partial charge in [0.1, 0.15) is 5.69 Å². The molecule has 0 bridgehead atoms. The Balaban J connectivity index is 3.36. The zero-order valence-corrected chi connectivity index (χ0v) is 14.9. The largest absolute Gasteiger partial charge is 0.247 e. The molecule has 0 spiro atoms. The highest BCUT2D eigenvalue weighted by atomic mass is 35.6. The normalized spacial score (nSPS) is 13.6. The van der Waals surface area contributed by atoms with Crippen LogP contribution < -0.4 is 0 Å². The van der Waals surface area contributed by atoms with E-state index in [1.807, 2.05) is 13.8 Å². The molecule has 0 amide bonds. The van der Waals surface area contributed by atoms with Gasteiger partial charge in [0.05, 0.1) is 5.69 Å². The Labute approximate surface area is 138 Å². The lowest BCUT2D eigenvalue weighted by Gasteiger charge is -2.26. The lowest BCUT2D eigenvalue weighted by Crippen LogP contribution is -2.30. The SMILES string of the molecule is CC(C)Cc1c(C(Cl)(Cl)C(Cl)(Cl)Cl)nnn1C(C)C. The summed E-state index contributed by atoms with van der Waals surface area (Å²) in [6, 6.07) is 0.120. The fourth-order valence-electron chi connectivity index (χ4n) is 1.68. The number of hydrogen-bond acceptors (Lipinski definition) is 2. The van der Waals surface area contributed by atoms with E-state index in [0.717, 1.165) is 5.69 Å². The average molecular weight is 368 g/mol. The second-order valence-electron chi connectivity index (χ2n) is 5.09. The predicted molar refractivity (Wildman–Crippen MR) is 82.6 cm³/mol. The van der Waals surface area contributed by atoms with Crippen LogP contribution in [0.4, 0.5) is 0 Å². The van der Waals surface area contributed by atoms with E-state index in [0.29, 0.717) is 18.0 Å². The Hall–Kier alpha value is 0.590. The minimum atomic E-state index is -1.89. The molecular formula is C11H16Cl5N3. The zero-order valence-electron chi connectivity index (χ0n) is 11.1. The van der Waals surface area contributed by atoms with Crippen molar-refractivity contribution in [2.75, 3.05) is 0 Å². The van der Waals surface area contributed by atoms with E-state index < -0.39 is 8.13 Å². The van der Waals surface area contributed by atoms with Crippen LogP contribution in [0.15, 0.2) is 0 Å². The van der Waals surface area contributed by atoms with E-state index in [1.54, 1.807) is 4.68 Å². The van der Waals surface area contributed by atoms with Gasteiger partial charge in [-0.2, -0.15) is 0 Å². The summed E-state index contributed by atoms with van der Waals surface area (Å²) < 4.78 is -1.88. The molecule has 0 aliphatic rings. The van der Waals surface area contributed by atoms with Gasteiger partial charge in [0.15, 0.2) is 0 Å². The number of halogens is 5. The van der Waals surface area contributed by atoms with E-state index in [4.69, 9.17) is 58.0 Å². The van der Waals surface area contributed by atoms with E-state index in [-0.39, 0.29) is 6.04 Å². The fourth-order valence-corrected chi connectivity index (χ4v) is 2.25. The molecular weight excluding hydrogens is 351 g/mol. The Morgan fingerprint density at radius 2 is 1.58 bits per heavy atom. The molecule has 8 heteroatoms. The second-order valence-corrected chi connectivity index (χ2v) is 8.70. The molecule has 0 aliphatic heterocycles. The minimum Gasteiger partial charge on any atom is -0.247 e. The van der Waals surface area contributed by atoms with Crippen molar-refractivity contribution < 1.29 is 0 Å². The maximum Gasteiger partial charge on any atom is 0.228 e. The van der Waals surface area contributed by atoms with Crippen molar-refractivity contribution in [1.29, 1.82) is 0 Å². The number of hydrogen-bond donors (Lipinski definition) is 0. The summed E-state index contributed by atoms with van der Waals surface area (Å²) in [4.78, 5) is 0. The van der Waals surface area contributed by atoms with Crippen LogP contribution >= 0.6 is 58.0 Å². The highest BCUT2D eigenvalue weighted by Crippen LogP contribution is 2.53. The molecule has 0 saturated carbocycles. The van der Waals surface area contributed by atoms with Crippen LogP contribution in [0.3, 0.4) is 0 Å². The molecule has 0 radical (unpaired) electrons. The molecule has 1 rings (SSSR count). The standard InChI is InChI=1S/C11H16Cl5N3/c1-6(2)5-8-9(10(12,13)11(14,15)16)17-18-19(8)7(3)4/h6-7H,5H2,1-4H3. The van der Waals surface area contributed by atoms with Gasteiger partial charge in [-0.05, 0) is 26.2 Å². The van der Waals surface area contributed by atoms with Crippen LogP contribution in [0.2, 0.25) is 0 Å². The molecule has 0 saturated heterocycles. The topological polar surface area (TPSA) is 30.7 Å². The van der Waals surface area contributed by atoms with Gasteiger partial charge >= 0.3 is 0 Å². The Morgan fingerprint density at radius 1 is 1.05 bits per heavy atom. The van der Waals surface area contributed by atoms with Crippen LogP contribution in [0.1, 0.15) is 45.1 Å². The van der Waals surface area contributed by atoms with E-state index >= 15 is 0 Å². The fraction of sp³-hybridized carbons (Fsp3) is 0.818. The van der Waals surface area contributed by atoms with Crippen LogP contribution in [0, 0.1) is 5.92 Å². The van der Waals surface area contributed by atoms with Crippen molar-refractivity contribution in [1.82, 2.24) is 15.0 Å². The Morgan fingerprint density at radius 3 is 1.95 bits per heavy atom. The summed E-state index contributed by atoms with van der Waals surface area (Å²) in [6.07, 6.45) is 0.697. The van der Waals surface area contributed by atoms with Gasteiger partial charge in [0.25, 0.3) is 0 Å². The summed E-state index contributed by atoms with van der Waals surface area (Å²) in [7, 11) is 0. The van der Waals surface area contributed by atoms with E-state index in [9.17, 15) is 0 Å². The van der Waals surface area contributed by atoms with E-state index in [2.05, 4.69) is 24.2 Å². The molecule has 19 heavy (non-hydrogen) atoms. The smallest absolute Gasteiger partial charge is 0.228 e.